The summed E-state index contributed by atoms with van der Waals surface area (Å²) in [7, 11) is 1.15. The highest BCUT2D eigenvalue weighted by molar-refractivity contribution is 5.95. The summed E-state index contributed by atoms with van der Waals surface area (Å²) in [5, 5.41) is 28.9. The number of carboxylic acid groups (broad SMARTS) is 2. The number of benzene rings is 1. The Labute approximate surface area is 262 Å². The molecule has 0 aromatic heterocycles. The van der Waals surface area contributed by atoms with Gasteiger partial charge in [0.1, 0.15) is 24.2 Å². The molecule has 0 spiro atoms. The molecule has 1 rings (SSSR count). The van der Waals surface area contributed by atoms with Crippen molar-refractivity contribution in [3.63, 3.8) is 0 Å². The molecular formula is C30H45N5O10. The van der Waals surface area contributed by atoms with Crippen LogP contribution in [0.1, 0.15) is 64.4 Å². The number of nitrogens with two attached hydrogens (primary N) is 1. The van der Waals surface area contributed by atoms with E-state index in [2.05, 4.69) is 26.0 Å². The van der Waals surface area contributed by atoms with Crippen molar-refractivity contribution >= 4 is 41.5 Å². The van der Waals surface area contributed by atoms with E-state index >= 15 is 0 Å². The molecule has 8 N–H and O–H groups in total. The number of aliphatic carboxylic acids is 2. The van der Waals surface area contributed by atoms with E-state index in [4.69, 9.17) is 10.8 Å². The Morgan fingerprint density at radius 3 is 1.91 bits per heavy atom. The second-order valence-electron chi connectivity index (χ2n) is 10.8. The normalized spacial score (nSPS) is 13.4. The standard InChI is InChI=1S/C30H45N5O10/c1-18(2)26(35-28(41)21(12-14-24(37)38)32-23(36)13-15-25(39)45-3)29(42)33-20(11-7-8-16-31)27(40)34-22(30(43)44)17-19-9-5-4-6-10-19/h4-6,9-10,18,20-22,26H,7-8,11-17,31H2,1-3H3,(H,32,36)(H,33,42)(H,34,40)(H,35,41)(H,37,38)(H,43,44)/t20-,21-,22-,26-/m0/s1. The minimum atomic E-state index is -1.33. The van der Waals surface area contributed by atoms with Gasteiger partial charge in [0, 0.05) is 19.3 Å². The van der Waals surface area contributed by atoms with Gasteiger partial charge in [-0.15, -0.1) is 0 Å². The van der Waals surface area contributed by atoms with Crippen LogP contribution in [0.4, 0.5) is 0 Å². The Balaban J connectivity index is 3.08. The lowest BCUT2D eigenvalue weighted by Gasteiger charge is -2.28. The van der Waals surface area contributed by atoms with Crippen LogP contribution >= 0.6 is 0 Å². The van der Waals surface area contributed by atoms with Crippen molar-refractivity contribution in [2.75, 3.05) is 13.7 Å². The highest BCUT2D eigenvalue weighted by Crippen LogP contribution is 2.10. The number of esters is 1. The fourth-order valence-electron chi connectivity index (χ4n) is 4.25. The molecule has 0 fully saturated rings. The Kier molecular flexibility index (Phi) is 17.5. The number of carbonyl (C=O) groups is 7. The third-order valence-electron chi connectivity index (χ3n) is 6.81. The lowest BCUT2D eigenvalue weighted by molar-refractivity contribution is -0.143. The van der Waals surface area contributed by atoms with Crippen LogP contribution in [-0.4, -0.2) is 89.6 Å². The van der Waals surface area contributed by atoms with E-state index in [9.17, 15) is 38.7 Å². The average Bonchev–Trinajstić information content (AvgIpc) is 2.99. The van der Waals surface area contributed by atoms with Gasteiger partial charge < -0.3 is 42.0 Å². The molecule has 1 aromatic carbocycles. The molecule has 0 aliphatic rings. The van der Waals surface area contributed by atoms with Crippen molar-refractivity contribution in [2.24, 2.45) is 11.7 Å². The number of amides is 4. The molecule has 4 amide bonds. The fourth-order valence-corrected chi connectivity index (χ4v) is 4.25. The number of unbranched alkanes of at least 4 members (excludes halogenated alkanes) is 1. The zero-order chi connectivity index (χ0) is 33.9. The number of rotatable bonds is 21. The Hall–Kier alpha value is -4.53. The maximum Gasteiger partial charge on any atom is 0.326 e. The van der Waals surface area contributed by atoms with E-state index < -0.39 is 78.0 Å². The molecule has 0 unspecified atom stereocenters. The third kappa shape index (κ3) is 15.2. The lowest BCUT2D eigenvalue weighted by Crippen LogP contribution is -2.59. The molecule has 15 nitrogen and oxygen atoms in total. The Morgan fingerprint density at radius 1 is 0.756 bits per heavy atom. The number of carboxylic acids is 2. The molecule has 0 saturated heterocycles. The van der Waals surface area contributed by atoms with Crippen molar-refractivity contribution in [1.82, 2.24) is 21.3 Å². The maximum absolute atomic E-state index is 13.4. The Bertz CT molecular complexity index is 1160. The summed E-state index contributed by atoms with van der Waals surface area (Å²) >= 11 is 0. The fraction of sp³-hybridized carbons (Fsp3) is 0.567. The SMILES string of the molecule is COC(=O)CCC(=O)N[C@@H](CCC(=O)O)C(=O)N[C@H](C(=O)N[C@@H](CCCCN)C(=O)N[C@@H](Cc1ccccc1)C(=O)O)C(C)C. The van der Waals surface area contributed by atoms with Crippen LogP contribution < -0.4 is 27.0 Å². The first kappa shape index (κ1) is 38.5. The van der Waals surface area contributed by atoms with Crippen LogP contribution in [0.15, 0.2) is 30.3 Å². The molecule has 45 heavy (non-hydrogen) atoms. The highest BCUT2D eigenvalue weighted by atomic mass is 16.5. The number of nitrogens with one attached hydrogen (secondary N) is 4. The molecule has 0 heterocycles. The van der Waals surface area contributed by atoms with E-state index in [1.54, 1.807) is 44.2 Å². The van der Waals surface area contributed by atoms with Crippen LogP contribution in [0, 0.1) is 5.92 Å². The first-order chi connectivity index (χ1) is 21.3. The van der Waals surface area contributed by atoms with Gasteiger partial charge in [-0.25, -0.2) is 4.79 Å². The number of hydrogen-bond donors (Lipinski definition) is 7. The summed E-state index contributed by atoms with van der Waals surface area (Å²) in [5.74, 6) is -6.63. The summed E-state index contributed by atoms with van der Waals surface area (Å²) in [6, 6.07) is 3.75. The number of carbonyl (C=O) groups excluding carboxylic acids is 5. The molecule has 0 bridgehead atoms. The zero-order valence-corrected chi connectivity index (χ0v) is 25.9. The summed E-state index contributed by atoms with van der Waals surface area (Å²) < 4.78 is 4.49. The van der Waals surface area contributed by atoms with Crippen LogP contribution in [-0.2, 0) is 44.7 Å². The monoisotopic (exact) mass is 635 g/mol. The molecular weight excluding hydrogens is 590 g/mol. The number of hydrogen-bond acceptors (Lipinski definition) is 9. The van der Waals surface area contributed by atoms with Gasteiger partial charge in [0.2, 0.25) is 23.6 Å². The van der Waals surface area contributed by atoms with Crippen molar-refractivity contribution in [2.45, 2.75) is 89.4 Å². The molecule has 4 atom stereocenters. The summed E-state index contributed by atoms with van der Waals surface area (Å²) in [4.78, 5) is 86.7. The first-order valence-corrected chi connectivity index (χ1v) is 14.7. The summed E-state index contributed by atoms with van der Waals surface area (Å²) in [6.07, 6.45) is -0.185. The number of methoxy groups -OCH3 is 1. The molecule has 15 heteroatoms. The quantitative estimate of drug-likeness (QED) is 0.0692. The summed E-state index contributed by atoms with van der Waals surface area (Å²) in [6.45, 7) is 3.60. The zero-order valence-electron chi connectivity index (χ0n) is 25.9. The van der Waals surface area contributed by atoms with Gasteiger partial charge in [-0.2, -0.15) is 0 Å². The van der Waals surface area contributed by atoms with Crippen LogP contribution in [0.3, 0.4) is 0 Å². The topological polar surface area (TPSA) is 243 Å². The van der Waals surface area contributed by atoms with Gasteiger partial charge in [-0.1, -0.05) is 44.2 Å². The van der Waals surface area contributed by atoms with Crippen LogP contribution in [0.5, 0.6) is 0 Å². The highest BCUT2D eigenvalue weighted by Gasteiger charge is 2.32. The minimum absolute atomic E-state index is 0.0130. The molecule has 250 valence electrons. The van der Waals surface area contributed by atoms with E-state index in [1.165, 1.54) is 0 Å². The van der Waals surface area contributed by atoms with E-state index in [0.29, 0.717) is 24.9 Å². The average molecular weight is 636 g/mol. The Morgan fingerprint density at radius 2 is 1.36 bits per heavy atom. The second-order valence-corrected chi connectivity index (χ2v) is 10.8. The molecule has 0 radical (unpaired) electrons. The molecule has 1 aromatic rings. The van der Waals surface area contributed by atoms with Crippen LogP contribution in [0.25, 0.3) is 0 Å². The van der Waals surface area contributed by atoms with Gasteiger partial charge >= 0.3 is 17.9 Å². The van der Waals surface area contributed by atoms with E-state index in [0.717, 1.165) is 7.11 Å². The van der Waals surface area contributed by atoms with Gasteiger partial charge in [0.05, 0.1) is 13.5 Å². The predicted molar refractivity (Wildman–Crippen MR) is 161 cm³/mol. The van der Waals surface area contributed by atoms with E-state index in [-0.39, 0.29) is 32.1 Å². The van der Waals surface area contributed by atoms with Gasteiger partial charge in [0.15, 0.2) is 0 Å². The van der Waals surface area contributed by atoms with Crippen molar-refractivity contribution < 1.29 is 48.5 Å². The molecule has 0 aliphatic carbocycles. The minimum Gasteiger partial charge on any atom is -0.481 e. The predicted octanol–water partition coefficient (Wildman–Crippen LogP) is -0.144. The summed E-state index contributed by atoms with van der Waals surface area (Å²) in [5.41, 5.74) is 6.27. The van der Waals surface area contributed by atoms with Crippen LogP contribution in [0.2, 0.25) is 0 Å². The lowest BCUT2D eigenvalue weighted by atomic mass is 10.00. The smallest absolute Gasteiger partial charge is 0.326 e. The first-order valence-electron chi connectivity index (χ1n) is 14.7. The largest absolute Gasteiger partial charge is 0.481 e. The van der Waals surface area contributed by atoms with Gasteiger partial charge in [-0.05, 0) is 43.7 Å². The van der Waals surface area contributed by atoms with Crippen molar-refractivity contribution in [1.29, 1.82) is 0 Å². The second kappa shape index (κ2) is 20.4. The number of ether oxygens (including phenoxy) is 1. The molecule has 0 saturated carbocycles. The van der Waals surface area contributed by atoms with Gasteiger partial charge in [0.25, 0.3) is 0 Å². The molecule has 0 aliphatic heterocycles. The third-order valence-corrected chi connectivity index (χ3v) is 6.81. The van der Waals surface area contributed by atoms with E-state index in [1.807, 2.05) is 0 Å². The van der Waals surface area contributed by atoms with Gasteiger partial charge in [-0.3, -0.25) is 28.8 Å². The van der Waals surface area contributed by atoms with Crippen molar-refractivity contribution in [3.05, 3.63) is 35.9 Å². The maximum atomic E-state index is 13.4. The van der Waals surface area contributed by atoms with Crippen molar-refractivity contribution in [3.8, 4) is 0 Å².